The monoisotopic (exact) mass is 596 g/mol. The highest BCUT2D eigenvalue weighted by Crippen LogP contribution is 2.58. The van der Waals surface area contributed by atoms with Crippen LogP contribution < -0.4 is 10.1 Å². The number of pyridine rings is 1. The van der Waals surface area contributed by atoms with Crippen molar-refractivity contribution < 1.29 is 53.1 Å². The maximum absolute atomic E-state index is 14.8. The number of amides is 1. The fraction of sp³-hybridized carbons (Fsp3) is 0.304. The van der Waals surface area contributed by atoms with Gasteiger partial charge in [-0.3, -0.25) is 4.79 Å². The maximum atomic E-state index is 14.8. The van der Waals surface area contributed by atoms with Crippen LogP contribution in [0.15, 0.2) is 35.2 Å². The Hall–Kier alpha value is -3.89. The number of sulfone groups is 1. The van der Waals surface area contributed by atoms with Crippen molar-refractivity contribution >= 4 is 21.4 Å². The van der Waals surface area contributed by atoms with Crippen molar-refractivity contribution in [2.75, 3.05) is 11.6 Å². The lowest BCUT2D eigenvalue weighted by molar-refractivity contribution is -0.161. The van der Waals surface area contributed by atoms with Gasteiger partial charge < -0.3 is 10.1 Å². The van der Waals surface area contributed by atoms with Gasteiger partial charge >= 0.3 is 12.4 Å². The molecule has 1 fully saturated rings. The van der Waals surface area contributed by atoms with E-state index < -0.39 is 92.3 Å². The highest BCUT2D eigenvalue weighted by molar-refractivity contribution is 7.90. The van der Waals surface area contributed by atoms with Crippen LogP contribution in [0.25, 0.3) is 0 Å². The number of anilines is 1. The summed E-state index contributed by atoms with van der Waals surface area (Å²) >= 11 is 0. The van der Waals surface area contributed by atoms with Gasteiger partial charge in [-0.1, -0.05) is 6.07 Å². The summed E-state index contributed by atoms with van der Waals surface area (Å²) in [6.45, 7) is 0.792. The average Bonchev–Trinajstić information content (AvgIpc) is 3.62. The number of carbonyl (C=O) groups is 1. The van der Waals surface area contributed by atoms with E-state index in [4.69, 9.17) is 4.74 Å². The van der Waals surface area contributed by atoms with E-state index in [1.165, 1.54) is 18.2 Å². The molecule has 1 aliphatic carbocycles. The maximum Gasteiger partial charge on any atom is 0.435 e. The molecule has 1 saturated carbocycles. The van der Waals surface area contributed by atoms with Crippen LogP contribution in [-0.2, 0) is 21.4 Å². The molecule has 0 radical (unpaired) electrons. The van der Waals surface area contributed by atoms with Crippen LogP contribution in [0.3, 0.4) is 0 Å². The second kappa shape index (κ2) is 9.64. The van der Waals surface area contributed by atoms with Crippen molar-refractivity contribution in [1.82, 2.24) is 15.2 Å². The lowest BCUT2D eigenvalue weighted by Gasteiger charge is -2.20. The molecule has 2 heterocycles. The number of nitrogens with one attached hydrogen (secondary N) is 1. The number of hydrogen-bond donors (Lipinski definition) is 1. The van der Waals surface area contributed by atoms with E-state index in [0.29, 0.717) is 0 Å². The van der Waals surface area contributed by atoms with E-state index in [1.807, 2.05) is 0 Å². The van der Waals surface area contributed by atoms with E-state index in [2.05, 4.69) is 20.5 Å². The molecule has 0 bridgehead atoms. The van der Waals surface area contributed by atoms with Crippen molar-refractivity contribution in [2.24, 2.45) is 0 Å². The zero-order valence-electron chi connectivity index (χ0n) is 20.2. The van der Waals surface area contributed by atoms with Crippen molar-refractivity contribution in [3.05, 3.63) is 64.6 Å². The zero-order valence-corrected chi connectivity index (χ0v) is 21.0. The Morgan fingerprint density at radius 1 is 1.05 bits per heavy atom. The molecule has 0 spiro atoms. The molecule has 4 rings (SSSR count). The summed E-state index contributed by atoms with van der Waals surface area (Å²) in [5, 5.41) is 8.22. The number of nitrogens with zero attached hydrogens (tertiary/aromatic N) is 3. The number of rotatable bonds is 6. The van der Waals surface area contributed by atoms with Gasteiger partial charge in [0.15, 0.2) is 21.3 Å². The first kappa shape index (κ1) is 29.1. The van der Waals surface area contributed by atoms with Gasteiger partial charge in [0.05, 0.1) is 10.6 Å². The van der Waals surface area contributed by atoms with Crippen LogP contribution in [-0.4, -0.2) is 41.9 Å². The van der Waals surface area contributed by atoms with Gasteiger partial charge in [-0.05, 0) is 43.5 Å². The summed E-state index contributed by atoms with van der Waals surface area (Å²) in [6.07, 6.45) is -10.0. The fourth-order valence-electron chi connectivity index (χ4n) is 3.82. The quantitative estimate of drug-likeness (QED) is 0.295. The largest absolute Gasteiger partial charge is 0.435 e. The van der Waals surface area contributed by atoms with Gasteiger partial charge in [0.1, 0.15) is 11.0 Å². The summed E-state index contributed by atoms with van der Waals surface area (Å²) in [5.74, 6) is -7.51. The van der Waals surface area contributed by atoms with Crippen LogP contribution in [0.2, 0.25) is 0 Å². The minimum Gasteiger partial charge on any atom is -0.429 e. The average molecular weight is 596 g/mol. The number of carbonyl (C=O) groups excluding carboxylic acids is 1. The number of ether oxygens (including phenoxy) is 1. The summed E-state index contributed by atoms with van der Waals surface area (Å²) in [6, 6.07) is 4.90. The normalized spacial score (nSPS) is 15.1. The van der Waals surface area contributed by atoms with E-state index >= 15 is 0 Å². The lowest BCUT2D eigenvalue weighted by atomic mass is 10.0. The third-order valence-electron chi connectivity index (χ3n) is 6.07. The first-order valence-corrected chi connectivity index (χ1v) is 12.9. The van der Waals surface area contributed by atoms with Gasteiger partial charge in [0.2, 0.25) is 5.75 Å². The van der Waals surface area contributed by atoms with E-state index in [0.717, 1.165) is 19.2 Å². The highest BCUT2D eigenvalue weighted by atomic mass is 32.2. The van der Waals surface area contributed by atoms with Gasteiger partial charge in [0.25, 0.3) is 17.7 Å². The molecule has 1 aromatic carbocycles. The molecule has 8 nitrogen and oxygen atoms in total. The molecule has 1 amide bonds. The Morgan fingerprint density at radius 2 is 1.70 bits per heavy atom. The Morgan fingerprint density at radius 3 is 2.23 bits per heavy atom. The molecule has 17 heteroatoms. The third-order valence-corrected chi connectivity index (χ3v) is 7.18. The molecule has 0 saturated heterocycles. The first-order valence-electron chi connectivity index (χ1n) is 11.0. The molecule has 1 N–H and O–H groups in total. The Balaban J connectivity index is 1.77. The molecule has 0 aliphatic heterocycles. The second-order valence-electron chi connectivity index (χ2n) is 8.90. The van der Waals surface area contributed by atoms with E-state index in [-0.39, 0.29) is 16.6 Å². The van der Waals surface area contributed by atoms with Crippen molar-refractivity contribution in [3.8, 4) is 11.6 Å². The minimum absolute atomic E-state index is 0.186. The Labute approximate surface area is 220 Å². The van der Waals surface area contributed by atoms with E-state index in [1.54, 1.807) is 0 Å². The highest BCUT2D eigenvalue weighted by Gasteiger charge is 2.65. The lowest BCUT2D eigenvalue weighted by Crippen LogP contribution is -2.30. The summed E-state index contributed by atoms with van der Waals surface area (Å²) in [4.78, 5) is 16.0. The third kappa shape index (κ3) is 5.41. The smallest absolute Gasteiger partial charge is 0.429 e. The number of benzene rings is 1. The van der Waals surface area contributed by atoms with Crippen LogP contribution in [0.1, 0.15) is 40.2 Å². The van der Waals surface area contributed by atoms with Crippen LogP contribution in [0.5, 0.6) is 11.6 Å². The van der Waals surface area contributed by atoms with Gasteiger partial charge in [-0.2, -0.15) is 30.7 Å². The molecule has 3 aromatic rings. The number of alkyl halides is 6. The predicted molar refractivity (Wildman–Crippen MR) is 120 cm³/mol. The number of halogens is 8. The van der Waals surface area contributed by atoms with E-state index in [9.17, 15) is 48.3 Å². The molecule has 0 atom stereocenters. The number of hydrogen-bond acceptors (Lipinski definition) is 7. The molecule has 2 aromatic heterocycles. The van der Waals surface area contributed by atoms with Gasteiger partial charge in [-0.15, -0.1) is 10.2 Å². The molecular weight excluding hydrogens is 580 g/mol. The zero-order chi connectivity index (χ0) is 29.8. The molecular formula is C23H16F8N4O4S. The van der Waals surface area contributed by atoms with Gasteiger partial charge in [-0.25, -0.2) is 17.8 Å². The second-order valence-corrected chi connectivity index (χ2v) is 10.9. The van der Waals surface area contributed by atoms with Crippen LogP contribution >= 0.6 is 0 Å². The SMILES string of the molecule is Cc1c(C(F)(F)F)nnc(Oc2c(F)cc(C3(C(F)(F)F)CC3)nc2F)c1C(=O)Nc1cccc(S(C)(=O)=O)c1. The number of aromatic nitrogens is 3. The fourth-order valence-corrected chi connectivity index (χ4v) is 4.49. The Bertz CT molecular complexity index is 1600. The molecule has 0 unspecified atom stereocenters. The van der Waals surface area contributed by atoms with Crippen LogP contribution in [0, 0.1) is 18.7 Å². The molecule has 214 valence electrons. The summed E-state index contributed by atoms with van der Waals surface area (Å²) < 4.78 is 139. The summed E-state index contributed by atoms with van der Waals surface area (Å²) in [5.41, 5.74) is -7.22. The molecule has 1 aliphatic rings. The van der Waals surface area contributed by atoms with Gasteiger partial charge in [0, 0.05) is 18.0 Å². The first-order chi connectivity index (χ1) is 18.3. The topological polar surface area (TPSA) is 111 Å². The van der Waals surface area contributed by atoms with Crippen molar-refractivity contribution in [3.63, 3.8) is 0 Å². The van der Waals surface area contributed by atoms with Crippen LogP contribution in [0.4, 0.5) is 40.8 Å². The Kier molecular flexibility index (Phi) is 7.01. The minimum atomic E-state index is -5.13. The van der Waals surface area contributed by atoms with Crippen molar-refractivity contribution in [2.45, 2.75) is 42.4 Å². The van der Waals surface area contributed by atoms with Crippen molar-refractivity contribution in [1.29, 1.82) is 0 Å². The molecule has 40 heavy (non-hydrogen) atoms. The predicted octanol–water partition coefficient (Wildman–Crippen LogP) is 5.52. The summed E-state index contributed by atoms with van der Waals surface area (Å²) in [7, 11) is -3.75. The standard InChI is InChI=1S/C23H16F8N4O4S/c1-10-15(19(36)32-11-4-3-5-12(8-11)40(2,37)38)20(35-34-17(10)22(26,27)28)39-16-13(24)9-14(33-18(16)25)21(6-7-21)23(29,30)31/h3-5,8-9H,6-7H2,1-2H3,(H,32,36).